The molecule has 3 aromatic rings. The molecule has 1 unspecified atom stereocenters. The first kappa shape index (κ1) is 19.6. The molecular weight excluding hydrogens is 378 g/mol. The highest BCUT2D eigenvalue weighted by atomic mass is 16.2. The molecule has 2 heterocycles. The van der Waals surface area contributed by atoms with Gasteiger partial charge in [0.05, 0.1) is 5.92 Å². The van der Waals surface area contributed by atoms with Gasteiger partial charge in [-0.05, 0) is 36.8 Å². The van der Waals surface area contributed by atoms with Crippen LogP contribution in [0.25, 0.3) is 0 Å². The predicted molar refractivity (Wildman–Crippen MR) is 115 cm³/mol. The van der Waals surface area contributed by atoms with Crippen molar-refractivity contribution in [2.75, 3.05) is 17.2 Å². The van der Waals surface area contributed by atoms with Crippen molar-refractivity contribution in [2.24, 2.45) is 5.92 Å². The molecule has 1 aliphatic heterocycles. The molecule has 0 bridgehead atoms. The number of rotatable bonds is 6. The summed E-state index contributed by atoms with van der Waals surface area (Å²) in [6.45, 7) is 2.87. The van der Waals surface area contributed by atoms with Crippen molar-refractivity contribution in [1.82, 2.24) is 14.9 Å². The summed E-state index contributed by atoms with van der Waals surface area (Å²) in [4.78, 5) is 35.0. The summed E-state index contributed by atoms with van der Waals surface area (Å²) in [5, 5.41) is 6.12. The Hall–Kier alpha value is -3.74. The highest BCUT2D eigenvalue weighted by Gasteiger charge is 2.34. The van der Waals surface area contributed by atoms with Crippen molar-refractivity contribution in [2.45, 2.75) is 19.9 Å². The number of aromatic nitrogens is 2. The lowest BCUT2D eigenvalue weighted by Crippen LogP contribution is -2.28. The van der Waals surface area contributed by atoms with Crippen LogP contribution in [0.5, 0.6) is 0 Å². The van der Waals surface area contributed by atoms with Crippen LogP contribution in [0.15, 0.2) is 67.0 Å². The van der Waals surface area contributed by atoms with Gasteiger partial charge in [0.1, 0.15) is 12.1 Å². The predicted octanol–water partition coefficient (Wildman–Crippen LogP) is 3.52. The van der Waals surface area contributed by atoms with Gasteiger partial charge in [0.2, 0.25) is 11.8 Å². The molecule has 1 aromatic heterocycles. The van der Waals surface area contributed by atoms with E-state index in [9.17, 15) is 9.59 Å². The summed E-state index contributed by atoms with van der Waals surface area (Å²) in [6.07, 6.45) is 1.75. The number of carbonyl (C=O) groups excluding carboxylic acids is 2. The molecule has 1 saturated heterocycles. The Morgan fingerprint density at radius 2 is 1.80 bits per heavy atom. The van der Waals surface area contributed by atoms with Crippen LogP contribution in [-0.4, -0.2) is 33.2 Å². The lowest BCUT2D eigenvalue weighted by Gasteiger charge is -2.16. The zero-order valence-electron chi connectivity index (χ0n) is 16.7. The largest absolute Gasteiger partial charge is 0.340 e. The minimum Gasteiger partial charge on any atom is -0.340 e. The number of nitrogens with one attached hydrogen (secondary N) is 2. The minimum absolute atomic E-state index is 0.0127. The summed E-state index contributed by atoms with van der Waals surface area (Å²) in [6, 6.07) is 19.1. The van der Waals surface area contributed by atoms with Crippen LogP contribution in [0.4, 0.5) is 17.2 Å². The number of anilines is 3. The zero-order chi connectivity index (χ0) is 20.9. The lowest BCUT2D eigenvalue weighted by atomic mass is 10.1. The quantitative estimate of drug-likeness (QED) is 0.660. The number of benzene rings is 2. The molecule has 4 rings (SSSR count). The number of nitrogens with zero attached hydrogens (tertiary/aromatic N) is 3. The van der Waals surface area contributed by atoms with E-state index in [1.54, 1.807) is 4.90 Å². The number of carbonyl (C=O) groups is 2. The Morgan fingerprint density at radius 1 is 1.07 bits per heavy atom. The smallest absolute Gasteiger partial charge is 0.229 e. The van der Waals surface area contributed by atoms with Crippen molar-refractivity contribution < 1.29 is 9.59 Å². The third-order valence-electron chi connectivity index (χ3n) is 5.03. The van der Waals surface area contributed by atoms with Gasteiger partial charge in [-0.15, -0.1) is 0 Å². The third-order valence-corrected chi connectivity index (χ3v) is 5.03. The fourth-order valence-electron chi connectivity index (χ4n) is 3.46. The highest BCUT2D eigenvalue weighted by molar-refractivity contribution is 5.97. The second-order valence-corrected chi connectivity index (χ2v) is 7.40. The van der Waals surface area contributed by atoms with Crippen molar-refractivity contribution >= 4 is 29.0 Å². The van der Waals surface area contributed by atoms with E-state index in [0.29, 0.717) is 24.6 Å². The Labute approximate surface area is 175 Å². The molecule has 1 atom stereocenters. The molecule has 2 N–H and O–H groups in total. The molecule has 30 heavy (non-hydrogen) atoms. The molecule has 0 aliphatic carbocycles. The van der Waals surface area contributed by atoms with Gasteiger partial charge in [0.25, 0.3) is 0 Å². The van der Waals surface area contributed by atoms with Crippen molar-refractivity contribution in [3.8, 4) is 0 Å². The maximum Gasteiger partial charge on any atom is 0.229 e. The number of hydrogen-bond donors (Lipinski definition) is 2. The second kappa shape index (κ2) is 8.73. The second-order valence-electron chi connectivity index (χ2n) is 7.40. The first-order chi connectivity index (χ1) is 14.6. The Morgan fingerprint density at radius 3 is 2.53 bits per heavy atom. The summed E-state index contributed by atoms with van der Waals surface area (Å²) in [5.41, 5.74) is 3.49. The Balaban J connectivity index is 1.33. The average molecular weight is 401 g/mol. The minimum atomic E-state index is -0.344. The lowest BCUT2D eigenvalue weighted by molar-refractivity contribution is -0.128. The van der Waals surface area contributed by atoms with Gasteiger partial charge < -0.3 is 15.5 Å². The van der Waals surface area contributed by atoms with E-state index in [2.05, 4.69) is 20.6 Å². The molecule has 0 spiro atoms. The van der Waals surface area contributed by atoms with Crippen molar-refractivity contribution in [1.29, 1.82) is 0 Å². The molecule has 2 aromatic carbocycles. The summed E-state index contributed by atoms with van der Waals surface area (Å²) in [7, 11) is 0. The van der Waals surface area contributed by atoms with Crippen molar-refractivity contribution in [3.05, 3.63) is 78.2 Å². The van der Waals surface area contributed by atoms with Crippen LogP contribution in [0, 0.1) is 12.8 Å². The Bertz CT molecular complexity index is 1040. The molecule has 0 saturated carbocycles. The van der Waals surface area contributed by atoms with Crippen molar-refractivity contribution in [3.63, 3.8) is 0 Å². The average Bonchev–Trinajstić information content (AvgIpc) is 3.11. The number of likely N-dealkylation sites (tertiary alicyclic amines) is 1. The van der Waals surface area contributed by atoms with E-state index in [4.69, 9.17) is 0 Å². The van der Waals surface area contributed by atoms with Crippen LogP contribution in [-0.2, 0) is 16.1 Å². The molecule has 1 fully saturated rings. The fourth-order valence-corrected chi connectivity index (χ4v) is 3.46. The van der Waals surface area contributed by atoms with Gasteiger partial charge in [-0.1, -0.05) is 30.3 Å². The molecule has 1 aliphatic rings. The van der Waals surface area contributed by atoms with E-state index in [1.165, 1.54) is 6.33 Å². The maximum atomic E-state index is 12.6. The maximum absolute atomic E-state index is 12.6. The molecule has 2 amide bonds. The third kappa shape index (κ3) is 4.81. The van der Waals surface area contributed by atoms with Crippen LogP contribution < -0.4 is 10.6 Å². The molecule has 0 radical (unpaired) electrons. The topological polar surface area (TPSA) is 87.2 Å². The van der Waals surface area contributed by atoms with E-state index in [0.717, 1.165) is 16.9 Å². The van der Waals surface area contributed by atoms with E-state index < -0.39 is 0 Å². The summed E-state index contributed by atoms with van der Waals surface area (Å²) >= 11 is 0. The van der Waals surface area contributed by atoms with Crippen LogP contribution >= 0.6 is 0 Å². The fraction of sp³-hybridized carbons (Fsp3) is 0.217. The number of amides is 2. The number of aryl methyl sites for hydroxylation is 1. The standard InChI is InChI=1S/C23H23N5O2/c1-16-11-21(25-15-24-16)26-19-7-9-20(10-8-19)27-23(30)18-12-22(29)28(14-18)13-17-5-3-2-4-6-17/h2-11,15,18H,12-14H2,1H3,(H,27,30)(H,24,25,26). The van der Waals surface area contributed by atoms with E-state index >= 15 is 0 Å². The van der Waals surface area contributed by atoms with Gasteiger partial charge in [-0.25, -0.2) is 9.97 Å². The SMILES string of the molecule is Cc1cc(Nc2ccc(NC(=O)C3CC(=O)N(Cc4ccccc4)C3)cc2)ncn1. The normalized spacial score (nSPS) is 15.8. The van der Waals surface area contributed by atoms with E-state index in [-0.39, 0.29) is 24.2 Å². The van der Waals surface area contributed by atoms with E-state index in [1.807, 2.05) is 67.6 Å². The van der Waals surface area contributed by atoms with Gasteiger partial charge in [0.15, 0.2) is 0 Å². The molecule has 7 nitrogen and oxygen atoms in total. The number of hydrogen-bond acceptors (Lipinski definition) is 5. The highest BCUT2D eigenvalue weighted by Crippen LogP contribution is 2.23. The van der Waals surface area contributed by atoms with Crippen LogP contribution in [0.1, 0.15) is 17.7 Å². The Kier molecular flexibility index (Phi) is 5.70. The molecular formula is C23H23N5O2. The summed E-state index contributed by atoms with van der Waals surface area (Å²) in [5.74, 6) is 0.245. The van der Waals surface area contributed by atoms with Gasteiger partial charge in [-0.2, -0.15) is 0 Å². The van der Waals surface area contributed by atoms with Gasteiger partial charge >= 0.3 is 0 Å². The molecule has 152 valence electrons. The summed E-state index contributed by atoms with van der Waals surface area (Å²) < 4.78 is 0. The molecule has 7 heteroatoms. The van der Waals surface area contributed by atoms with Gasteiger partial charge in [0, 0.05) is 42.6 Å². The monoisotopic (exact) mass is 401 g/mol. The van der Waals surface area contributed by atoms with Crippen LogP contribution in [0.2, 0.25) is 0 Å². The first-order valence-corrected chi connectivity index (χ1v) is 9.85. The van der Waals surface area contributed by atoms with Crippen LogP contribution in [0.3, 0.4) is 0 Å². The first-order valence-electron chi connectivity index (χ1n) is 9.85. The van der Waals surface area contributed by atoms with Gasteiger partial charge in [-0.3, -0.25) is 9.59 Å². The zero-order valence-corrected chi connectivity index (χ0v) is 16.7.